The molecule has 1 atom stereocenters. The normalized spacial score (nSPS) is 12.7. The summed E-state index contributed by atoms with van der Waals surface area (Å²) in [5, 5.41) is 0. The van der Waals surface area contributed by atoms with E-state index >= 15 is 0 Å². The third-order valence-electron chi connectivity index (χ3n) is 4.61. The van der Waals surface area contributed by atoms with Gasteiger partial charge in [0.2, 0.25) is 10.0 Å². The number of nitrogens with zero attached hydrogens (tertiary/aromatic N) is 2. The standard InChI is InChI=1S/C20H23N3O3S/c1-14-8-9-18(12-15(14)2)27(24,25)22-19(20-21-10-11-23(20)3)16-6-5-7-17(13-16)26-4/h5-13,19,22H,1-4H3/t19-/m1/s1. The van der Waals surface area contributed by atoms with Gasteiger partial charge in [-0.25, -0.2) is 13.4 Å². The van der Waals surface area contributed by atoms with Crippen molar-refractivity contribution < 1.29 is 13.2 Å². The van der Waals surface area contributed by atoms with E-state index in [2.05, 4.69) is 9.71 Å². The molecule has 0 aliphatic heterocycles. The smallest absolute Gasteiger partial charge is 0.241 e. The quantitative estimate of drug-likeness (QED) is 0.708. The Hall–Kier alpha value is -2.64. The van der Waals surface area contributed by atoms with Crippen LogP contribution in [0.15, 0.2) is 59.8 Å². The molecule has 142 valence electrons. The molecule has 27 heavy (non-hydrogen) atoms. The highest BCUT2D eigenvalue weighted by Crippen LogP contribution is 2.26. The van der Waals surface area contributed by atoms with Crippen LogP contribution in [0, 0.1) is 13.8 Å². The Kier molecular flexibility index (Phi) is 5.34. The fourth-order valence-corrected chi connectivity index (χ4v) is 4.12. The van der Waals surface area contributed by atoms with Crippen LogP contribution in [0.5, 0.6) is 5.75 Å². The number of benzene rings is 2. The minimum atomic E-state index is -3.75. The van der Waals surface area contributed by atoms with Crippen LogP contribution in [0.1, 0.15) is 28.6 Å². The highest BCUT2D eigenvalue weighted by Gasteiger charge is 2.26. The second kappa shape index (κ2) is 7.54. The lowest BCUT2D eigenvalue weighted by atomic mass is 10.1. The summed E-state index contributed by atoms with van der Waals surface area (Å²) in [5.74, 6) is 1.24. The molecule has 1 heterocycles. The van der Waals surface area contributed by atoms with Crippen LogP contribution in [-0.2, 0) is 17.1 Å². The summed E-state index contributed by atoms with van der Waals surface area (Å²) in [5.41, 5.74) is 2.71. The van der Waals surface area contributed by atoms with E-state index in [0.29, 0.717) is 11.6 Å². The van der Waals surface area contributed by atoms with Crippen molar-refractivity contribution in [3.63, 3.8) is 0 Å². The van der Waals surface area contributed by atoms with E-state index in [1.54, 1.807) is 36.2 Å². The van der Waals surface area contributed by atoms with Gasteiger partial charge in [0, 0.05) is 19.4 Å². The molecule has 0 unspecified atom stereocenters. The van der Waals surface area contributed by atoms with Crippen molar-refractivity contribution in [3.05, 3.63) is 77.4 Å². The Morgan fingerprint density at radius 3 is 2.52 bits per heavy atom. The largest absolute Gasteiger partial charge is 0.497 e. The number of sulfonamides is 1. The highest BCUT2D eigenvalue weighted by atomic mass is 32.2. The first kappa shape index (κ1) is 19.1. The minimum Gasteiger partial charge on any atom is -0.497 e. The molecule has 7 heteroatoms. The first-order chi connectivity index (χ1) is 12.8. The molecule has 0 spiro atoms. The fraction of sp³-hybridized carbons (Fsp3) is 0.250. The number of aryl methyl sites for hydroxylation is 3. The van der Waals surface area contributed by atoms with Crippen LogP contribution in [0.4, 0.5) is 0 Å². The number of aromatic nitrogens is 2. The average molecular weight is 385 g/mol. The van der Waals surface area contributed by atoms with Gasteiger partial charge in [0.05, 0.1) is 12.0 Å². The SMILES string of the molecule is COc1cccc([C@@H](NS(=O)(=O)c2ccc(C)c(C)c2)c2nccn2C)c1. The maximum atomic E-state index is 13.1. The lowest BCUT2D eigenvalue weighted by molar-refractivity contribution is 0.413. The summed E-state index contributed by atoms with van der Waals surface area (Å²) >= 11 is 0. The van der Waals surface area contributed by atoms with Gasteiger partial charge in [0.25, 0.3) is 0 Å². The molecule has 3 aromatic rings. The van der Waals surface area contributed by atoms with Gasteiger partial charge in [0.1, 0.15) is 17.6 Å². The first-order valence-electron chi connectivity index (χ1n) is 8.52. The molecule has 0 fully saturated rings. The zero-order chi connectivity index (χ0) is 19.6. The lowest BCUT2D eigenvalue weighted by Gasteiger charge is -2.20. The van der Waals surface area contributed by atoms with Gasteiger partial charge in [-0.15, -0.1) is 0 Å². The molecule has 3 rings (SSSR count). The van der Waals surface area contributed by atoms with Crippen molar-refractivity contribution >= 4 is 10.0 Å². The summed E-state index contributed by atoms with van der Waals surface area (Å²) in [6, 6.07) is 11.8. The Balaban J connectivity index is 2.05. The third-order valence-corrected chi connectivity index (χ3v) is 6.03. The highest BCUT2D eigenvalue weighted by molar-refractivity contribution is 7.89. The molecule has 0 aliphatic carbocycles. The molecular formula is C20H23N3O3S. The van der Waals surface area contributed by atoms with Crippen LogP contribution < -0.4 is 9.46 Å². The van der Waals surface area contributed by atoms with Gasteiger partial charge in [-0.3, -0.25) is 0 Å². The topological polar surface area (TPSA) is 73.2 Å². The van der Waals surface area contributed by atoms with Gasteiger partial charge in [0.15, 0.2) is 0 Å². The van der Waals surface area contributed by atoms with Crippen molar-refractivity contribution in [2.45, 2.75) is 24.8 Å². The third kappa shape index (κ3) is 4.04. The zero-order valence-electron chi connectivity index (χ0n) is 15.8. The molecule has 1 N–H and O–H groups in total. The van der Waals surface area contributed by atoms with E-state index in [9.17, 15) is 8.42 Å². The van der Waals surface area contributed by atoms with Crippen LogP contribution in [0.2, 0.25) is 0 Å². The predicted molar refractivity (Wildman–Crippen MR) is 104 cm³/mol. The van der Waals surface area contributed by atoms with Crippen LogP contribution >= 0.6 is 0 Å². The van der Waals surface area contributed by atoms with Gasteiger partial charge in [-0.05, 0) is 54.8 Å². The molecule has 1 aromatic heterocycles. The van der Waals surface area contributed by atoms with Crippen LogP contribution in [-0.4, -0.2) is 25.1 Å². The number of methoxy groups -OCH3 is 1. The Labute approximate surface area is 159 Å². The summed E-state index contributed by atoms with van der Waals surface area (Å²) in [6.45, 7) is 3.85. The predicted octanol–water partition coefficient (Wildman–Crippen LogP) is 3.11. The number of hydrogen-bond acceptors (Lipinski definition) is 4. The summed E-state index contributed by atoms with van der Waals surface area (Å²) < 4.78 is 36.0. The van der Waals surface area contributed by atoms with E-state index in [0.717, 1.165) is 16.7 Å². The second-order valence-electron chi connectivity index (χ2n) is 6.47. The van der Waals surface area contributed by atoms with Crippen LogP contribution in [0.3, 0.4) is 0 Å². The van der Waals surface area contributed by atoms with E-state index in [-0.39, 0.29) is 4.90 Å². The lowest BCUT2D eigenvalue weighted by Crippen LogP contribution is -2.31. The van der Waals surface area contributed by atoms with E-state index in [1.165, 1.54) is 0 Å². The van der Waals surface area contributed by atoms with E-state index in [4.69, 9.17) is 4.74 Å². The first-order valence-corrected chi connectivity index (χ1v) is 10.0. The van der Waals surface area contributed by atoms with Crippen molar-refractivity contribution in [3.8, 4) is 5.75 Å². The van der Waals surface area contributed by atoms with Crippen molar-refractivity contribution in [1.29, 1.82) is 0 Å². The Morgan fingerprint density at radius 2 is 1.89 bits per heavy atom. The fourth-order valence-electron chi connectivity index (χ4n) is 2.85. The van der Waals surface area contributed by atoms with E-state index < -0.39 is 16.1 Å². The molecule has 0 amide bonds. The van der Waals surface area contributed by atoms with Gasteiger partial charge in [-0.1, -0.05) is 18.2 Å². The molecule has 0 bridgehead atoms. The molecule has 2 aromatic carbocycles. The Morgan fingerprint density at radius 1 is 1.11 bits per heavy atom. The number of rotatable bonds is 6. The average Bonchev–Trinajstić information content (AvgIpc) is 3.07. The molecule has 0 radical (unpaired) electrons. The second-order valence-corrected chi connectivity index (χ2v) is 8.19. The molecule has 0 aliphatic rings. The summed E-state index contributed by atoms with van der Waals surface area (Å²) in [6.07, 6.45) is 3.43. The minimum absolute atomic E-state index is 0.229. The van der Waals surface area contributed by atoms with Crippen molar-refractivity contribution in [2.75, 3.05) is 7.11 Å². The number of imidazole rings is 1. The maximum Gasteiger partial charge on any atom is 0.241 e. The van der Waals surface area contributed by atoms with Crippen LogP contribution in [0.25, 0.3) is 0 Å². The molecule has 0 saturated heterocycles. The van der Waals surface area contributed by atoms with E-state index in [1.807, 2.05) is 51.2 Å². The monoisotopic (exact) mass is 385 g/mol. The van der Waals surface area contributed by atoms with Gasteiger partial charge in [-0.2, -0.15) is 4.72 Å². The Bertz CT molecular complexity index is 1060. The van der Waals surface area contributed by atoms with Crippen molar-refractivity contribution in [1.82, 2.24) is 14.3 Å². The number of ether oxygens (including phenoxy) is 1. The van der Waals surface area contributed by atoms with Crippen molar-refractivity contribution in [2.24, 2.45) is 7.05 Å². The number of hydrogen-bond donors (Lipinski definition) is 1. The summed E-state index contributed by atoms with van der Waals surface area (Å²) in [4.78, 5) is 4.58. The summed E-state index contributed by atoms with van der Waals surface area (Å²) in [7, 11) is -0.343. The maximum absolute atomic E-state index is 13.1. The number of nitrogens with one attached hydrogen (secondary N) is 1. The molecular weight excluding hydrogens is 362 g/mol. The molecule has 6 nitrogen and oxygen atoms in total. The molecule has 0 saturated carbocycles. The zero-order valence-corrected chi connectivity index (χ0v) is 16.6. The van der Waals surface area contributed by atoms with Gasteiger partial charge < -0.3 is 9.30 Å². The van der Waals surface area contributed by atoms with Gasteiger partial charge >= 0.3 is 0 Å².